The summed E-state index contributed by atoms with van der Waals surface area (Å²) in [5.74, 6) is -2.70. The number of amides is 6. The minimum absolute atomic E-state index is 0.00205. The summed E-state index contributed by atoms with van der Waals surface area (Å²) in [4.78, 5) is 81.4. The molecule has 2 aromatic rings. The Kier molecular flexibility index (Phi) is 19.6. The smallest absolute Gasteiger partial charge is 0.408 e. The van der Waals surface area contributed by atoms with Crippen molar-refractivity contribution in [3.63, 3.8) is 0 Å². The first-order valence-electron chi connectivity index (χ1n) is 18.1. The van der Waals surface area contributed by atoms with Crippen LogP contribution in [0.5, 0.6) is 0 Å². The van der Waals surface area contributed by atoms with Crippen LogP contribution in [-0.4, -0.2) is 85.4 Å². The maximum Gasteiger partial charge on any atom is 0.408 e. The number of carbonyl (C=O) groups excluding carboxylic acids is 6. The van der Waals surface area contributed by atoms with E-state index in [1.807, 2.05) is 76.2 Å². The fourth-order valence-electron chi connectivity index (χ4n) is 5.23. The van der Waals surface area contributed by atoms with Crippen LogP contribution in [0.3, 0.4) is 0 Å². The topological polar surface area (TPSA) is 248 Å². The van der Waals surface area contributed by atoms with Gasteiger partial charge in [-0.3, -0.25) is 29.0 Å². The molecule has 6 amide bonds. The molecule has 0 saturated heterocycles. The molecule has 2 aromatic carbocycles. The summed E-state index contributed by atoms with van der Waals surface area (Å²) in [6.45, 7) is 8.81. The van der Waals surface area contributed by atoms with E-state index in [0.29, 0.717) is 6.42 Å². The highest BCUT2D eigenvalue weighted by molar-refractivity contribution is 5.92. The Bertz CT molecular complexity index is 1530. The molecule has 0 aliphatic rings. The normalized spacial score (nSPS) is 13.0. The number of alkyl carbamates (subject to hydrolysis) is 1. The van der Waals surface area contributed by atoms with Crippen molar-refractivity contribution < 1.29 is 33.5 Å². The van der Waals surface area contributed by atoms with Crippen molar-refractivity contribution in [3.05, 3.63) is 71.8 Å². The first-order chi connectivity index (χ1) is 25.6. The fraction of sp³-hybridized carbons (Fsp3) is 0.500. The van der Waals surface area contributed by atoms with Crippen molar-refractivity contribution in [2.75, 3.05) is 19.6 Å². The molecule has 10 N–H and O–H groups in total. The molecule has 0 fully saturated rings. The first kappa shape index (κ1) is 44.5. The van der Waals surface area contributed by atoms with Gasteiger partial charge in [-0.2, -0.15) is 0 Å². The zero-order valence-corrected chi connectivity index (χ0v) is 31.9. The van der Waals surface area contributed by atoms with Crippen molar-refractivity contribution in [2.45, 2.75) is 91.1 Å². The van der Waals surface area contributed by atoms with Crippen LogP contribution in [0.2, 0.25) is 0 Å². The highest BCUT2D eigenvalue weighted by atomic mass is 16.5. The van der Waals surface area contributed by atoms with Gasteiger partial charge >= 0.3 is 6.09 Å². The van der Waals surface area contributed by atoms with Crippen molar-refractivity contribution in [1.29, 1.82) is 0 Å². The summed E-state index contributed by atoms with van der Waals surface area (Å²) in [7, 11) is 0. The molecule has 54 heavy (non-hydrogen) atoms. The van der Waals surface area contributed by atoms with Crippen LogP contribution in [0.4, 0.5) is 4.79 Å². The van der Waals surface area contributed by atoms with Gasteiger partial charge in [0, 0.05) is 32.5 Å². The molecule has 0 aliphatic heterocycles. The highest BCUT2D eigenvalue weighted by Crippen LogP contribution is 2.10. The molecule has 0 saturated carbocycles. The molecule has 0 radical (unpaired) electrons. The van der Waals surface area contributed by atoms with Crippen molar-refractivity contribution >= 4 is 41.6 Å². The molecule has 16 nitrogen and oxygen atoms in total. The third-order valence-corrected chi connectivity index (χ3v) is 8.17. The second-order valence-corrected chi connectivity index (χ2v) is 13.7. The summed E-state index contributed by atoms with van der Waals surface area (Å²) in [5.41, 5.74) is 12.5. The van der Waals surface area contributed by atoms with Crippen molar-refractivity contribution in [1.82, 2.24) is 31.9 Å². The van der Waals surface area contributed by atoms with Gasteiger partial charge in [-0.1, -0.05) is 88.4 Å². The average molecular weight is 752 g/mol. The molecule has 2 rings (SSSR count). The number of rotatable bonds is 22. The number of carbonyl (C=O) groups is 6. The summed E-state index contributed by atoms with van der Waals surface area (Å²) in [6.07, 6.45) is 0.182. The Morgan fingerprint density at radius 2 is 1.33 bits per heavy atom. The number of nitrogens with one attached hydrogen (secondary N) is 6. The summed E-state index contributed by atoms with van der Waals surface area (Å²) in [5, 5.41) is 16.3. The van der Waals surface area contributed by atoms with Crippen LogP contribution in [0, 0.1) is 11.8 Å². The molecule has 0 aromatic heterocycles. The quantitative estimate of drug-likeness (QED) is 0.0485. The van der Waals surface area contributed by atoms with Crippen LogP contribution < -0.4 is 43.4 Å². The van der Waals surface area contributed by atoms with Crippen LogP contribution in [0.1, 0.15) is 65.0 Å². The molecule has 16 heteroatoms. The van der Waals surface area contributed by atoms with E-state index in [2.05, 4.69) is 36.9 Å². The number of benzene rings is 2. The van der Waals surface area contributed by atoms with Gasteiger partial charge in [0.25, 0.3) is 0 Å². The van der Waals surface area contributed by atoms with Crippen LogP contribution in [0.25, 0.3) is 0 Å². The zero-order chi connectivity index (χ0) is 40.0. The zero-order valence-electron chi connectivity index (χ0n) is 31.9. The van der Waals surface area contributed by atoms with Gasteiger partial charge < -0.3 is 48.1 Å². The first-order valence-corrected chi connectivity index (χ1v) is 18.1. The number of hydrogen-bond acceptors (Lipinski definition) is 8. The fourth-order valence-corrected chi connectivity index (χ4v) is 5.23. The molecule has 4 atom stereocenters. The van der Waals surface area contributed by atoms with Crippen LogP contribution in [0.15, 0.2) is 65.7 Å². The summed E-state index contributed by atoms with van der Waals surface area (Å²) >= 11 is 0. The molecular formula is C38H57N9O7. The number of guanidine groups is 1. The lowest BCUT2D eigenvalue weighted by Gasteiger charge is -2.28. The molecule has 0 heterocycles. The Morgan fingerprint density at radius 1 is 0.722 bits per heavy atom. The summed E-state index contributed by atoms with van der Waals surface area (Å²) in [6, 6.07) is 14.7. The SMILES string of the molecule is CC(=O)NCC(=O)N[C@@H](Cc1ccccc1)C(=O)NC[C@@H](NC(=O)[C@H](CC(C)C)NC(=O)[C@H](CCCN=C(N)N)NC(=O)OCc1ccccc1)C(C)C. The lowest BCUT2D eigenvalue weighted by Crippen LogP contribution is -2.58. The Balaban J connectivity index is 2.15. The number of nitrogens with zero attached hydrogens (tertiary/aromatic N) is 1. The van der Waals surface area contributed by atoms with E-state index < -0.39 is 53.9 Å². The van der Waals surface area contributed by atoms with E-state index in [1.54, 1.807) is 12.1 Å². The molecule has 0 aliphatic carbocycles. The van der Waals surface area contributed by atoms with Gasteiger partial charge in [0.15, 0.2) is 5.96 Å². The van der Waals surface area contributed by atoms with Gasteiger partial charge in [0.2, 0.25) is 29.5 Å². The summed E-state index contributed by atoms with van der Waals surface area (Å²) < 4.78 is 5.34. The Morgan fingerprint density at radius 3 is 1.91 bits per heavy atom. The number of hydrogen-bond donors (Lipinski definition) is 8. The lowest BCUT2D eigenvalue weighted by molar-refractivity contribution is -0.131. The monoisotopic (exact) mass is 751 g/mol. The predicted octanol–water partition coefficient (Wildman–Crippen LogP) is 0.987. The van der Waals surface area contributed by atoms with E-state index in [-0.39, 0.29) is 69.2 Å². The van der Waals surface area contributed by atoms with Crippen LogP contribution >= 0.6 is 0 Å². The molecule has 296 valence electrons. The number of ether oxygens (including phenoxy) is 1. The second-order valence-electron chi connectivity index (χ2n) is 13.7. The number of nitrogens with two attached hydrogens (primary N) is 2. The Labute approximate surface area is 317 Å². The predicted molar refractivity (Wildman–Crippen MR) is 205 cm³/mol. The lowest BCUT2D eigenvalue weighted by atomic mass is 9.99. The molecule has 0 bridgehead atoms. The molecule has 0 spiro atoms. The van der Waals surface area contributed by atoms with E-state index in [0.717, 1.165) is 11.1 Å². The van der Waals surface area contributed by atoms with Gasteiger partial charge in [-0.15, -0.1) is 0 Å². The minimum atomic E-state index is -1.06. The maximum absolute atomic E-state index is 13.8. The van der Waals surface area contributed by atoms with E-state index in [9.17, 15) is 28.8 Å². The maximum atomic E-state index is 13.8. The van der Waals surface area contributed by atoms with E-state index in [1.165, 1.54) is 6.92 Å². The molecular weight excluding hydrogens is 694 g/mol. The third-order valence-electron chi connectivity index (χ3n) is 8.17. The largest absolute Gasteiger partial charge is 0.445 e. The third kappa shape index (κ3) is 18.2. The van der Waals surface area contributed by atoms with E-state index >= 15 is 0 Å². The molecule has 0 unspecified atom stereocenters. The van der Waals surface area contributed by atoms with Gasteiger partial charge in [0.05, 0.1) is 6.54 Å². The average Bonchev–Trinajstić information content (AvgIpc) is 3.12. The van der Waals surface area contributed by atoms with Gasteiger partial charge in [-0.25, -0.2) is 4.79 Å². The van der Waals surface area contributed by atoms with Gasteiger partial charge in [-0.05, 0) is 42.2 Å². The number of aliphatic imine (C=N–C) groups is 1. The van der Waals surface area contributed by atoms with Gasteiger partial charge in [0.1, 0.15) is 24.7 Å². The van der Waals surface area contributed by atoms with Crippen LogP contribution in [-0.2, 0) is 41.7 Å². The van der Waals surface area contributed by atoms with Crippen molar-refractivity contribution in [2.24, 2.45) is 28.3 Å². The van der Waals surface area contributed by atoms with Crippen molar-refractivity contribution in [3.8, 4) is 0 Å². The van der Waals surface area contributed by atoms with E-state index in [4.69, 9.17) is 16.2 Å². The highest BCUT2D eigenvalue weighted by Gasteiger charge is 2.30. The second kappa shape index (κ2) is 23.8. The minimum Gasteiger partial charge on any atom is -0.445 e. The standard InChI is InChI=1S/C38H57N9O7/c1-24(2)19-30(45-35(51)29(17-12-18-41-37(39)40)47-38(53)54-23-28-15-10-7-11-16-28)36(52)46-32(25(3)4)21-43-34(50)31(20-27-13-8-6-9-14-27)44-33(49)22-42-26(5)48/h6-11,13-16,24-25,29-32H,12,17-23H2,1-5H3,(H,42,48)(H,43,50)(H,44,49)(H,45,51)(H,46,52)(H,47,53)(H4,39,40,41)/t29-,30-,31-,32+/m0/s1. The Hall–Kier alpha value is -5.67.